The second-order valence-electron chi connectivity index (χ2n) is 4.25. The van der Waals surface area contributed by atoms with Gasteiger partial charge in [0.25, 0.3) is 17.2 Å². The summed E-state index contributed by atoms with van der Waals surface area (Å²) < 4.78 is 10.2. The number of hydrogen-bond donors (Lipinski definition) is 1. The summed E-state index contributed by atoms with van der Waals surface area (Å²) in [6.07, 6.45) is 0. The number of ether oxygens (including phenoxy) is 2. The van der Waals surface area contributed by atoms with Gasteiger partial charge in [0, 0.05) is 12.1 Å². The number of nitro benzene ring substituents is 1. The predicted molar refractivity (Wildman–Crippen MR) is 67.4 cm³/mol. The molecular weight excluding hydrogens is 268 g/mol. The lowest BCUT2D eigenvalue weighted by Gasteiger charge is -2.32. The molecule has 0 aromatic heterocycles. The molecule has 1 heterocycles. The number of nitrogens with one attached hydrogen (secondary N) is 1. The van der Waals surface area contributed by atoms with E-state index in [4.69, 9.17) is 9.47 Å². The second-order valence-corrected chi connectivity index (χ2v) is 4.25. The van der Waals surface area contributed by atoms with E-state index in [0.29, 0.717) is 0 Å². The number of rotatable bonds is 3. The molecule has 8 heteroatoms. The van der Waals surface area contributed by atoms with Crippen LogP contribution in [0.1, 0.15) is 13.8 Å². The Morgan fingerprint density at radius 1 is 1.55 bits per heavy atom. The minimum Gasteiger partial charge on any atom is -0.464 e. The van der Waals surface area contributed by atoms with Crippen LogP contribution in [0.25, 0.3) is 0 Å². The highest BCUT2D eigenvalue weighted by molar-refractivity contribution is 6.13. The Morgan fingerprint density at radius 3 is 2.85 bits per heavy atom. The van der Waals surface area contributed by atoms with Gasteiger partial charge in [0.05, 0.1) is 17.2 Å². The number of benzene rings is 1. The molecule has 1 atom stereocenters. The lowest BCUT2D eigenvalue weighted by atomic mass is 10.0. The summed E-state index contributed by atoms with van der Waals surface area (Å²) in [4.78, 5) is 33.8. The number of esters is 1. The van der Waals surface area contributed by atoms with Crippen molar-refractivity contribution in [2.45, 2.75) is 19.4 Å². The average Bonchev–Trinajstić information content (AvgIpc) is 2.39. The van der Waals surface area contributed by atoms with Crippen molar-refractivity contribution in [3.8, 4) is 5.75 Å². The van der Waals surface area contributed by atoms with Gasteiger partial charge in [-0.25, -0.2) is 4.79 Å². The van der Waals surface area contributed by atoms with Crippen LogP contribution in [0.4, 0.5) is 11.4 Å². The molecule has 1 amide bonds. The fourth-order valence-electron chi connectivity index (χ4n) is 1.73. The third-order valence-corrected chi connectivity index (χ3v) is 2.83. The number of carbonyl (C=O) groups is 2. The third-order valence-electron chi connectivity index (χ3n) is 2.83. The molecule has 8 nitrogen and oxygen atoms in total. The van der Waals surface area contributed by atoms with Gasteiger partial charge in [-0.2, -0.15) is 0 Å². The number of amides is 1. The van der Waals surface area contributed by atoms with E-state index >= 15 is 0 Å². The number of non-ortho nitro benzene ring substituents is 1. The van der Waals surface area contributed by atoms with Gasteiger partial charge in [-0.05, 0) is 19.9 Å². The summed E-state index contributed by atoms with van der Waals surface area (Å²) >= 11 is 0. The van der Waals surface area contributed by atoms with Crippen molar-refractivity contribution in [2.24, 2.45) is 0 Å². The monoisotopic (exact) mass is 280 g/mol. The topological polar surface area (TPSA) is 108 Å². The normalized spacial score (nSPS) is 20.4. The minimum atomic E-state index is -1.81. The minimum absolute atomic E-state index is 0.109. The van der Waals surface area contributed by atoms with Crippen molar-refractivity contribution in [2.75, 3.05) is 11.9 Å². The Morgan fingerprint density at radius 2 is 2.25 bits per heavy atom. The van der Waals surface area contributed by atoms with Crippen LogP contribution in [0.3, 0.4) is 0 Å². The van der Waals surface area contributed by atoms with Crippen LogP contribution in [-0.2, 0) is 14.3 Å². The Labute approximate surface area is 113 Å². The first-order chi connectivity index (χ1) is 9.38. The zero-order valence-electron chi connectivity index (χ0n) is 10.8. The van der Waals surface area contributed by atoms with E-state index in [9.17, 15) is 19.7 Å². The van der Waals surface area contributed by atoms with Crippen molar-refractivity contribution in [1.29, 1.82) is 0 Å². The average molecular weight is 280 g/mol. The maximum absolute atomic E-state index is 12.0. The summed E-state index contributed by atoms with van der Waals surface area (Å²) in [5, 5.41) is 13.1. The molecule has 1 unspecified atom stereocenters. The fraction of sp³-hybridized carbons (Fsp3) is 0.333. The van der Waals surface area contributed by atoms with Crippen LogP contribution in [0.15, 0.2) is 18.2 Å². The van der Waals surface area contributed by atoms with Gasteiger partial charge in [0.2, 0.25) is 0 Å². The summed E-state index contributed by atoms with van der Waals surface area (Å²) in [5.41, 5.74) is -1.85. The molecule has 2 rings (SSSR count). The number of hydrogen-bond acceptors (Lipinski definition) is 6. The molecule has 1 aliphatic rings. The SMILES string of the molecule is CCOC(=O)C1(C)Oc2ccc([N+](=O)[O-])cc2NC1=O. The van der Waals surface area contributed by atoms with E-state index in [1.807, 2.05) is 0 Å². The maximum Gasteiger partial charge on any atom is 0.360 e. The Balaban J connectivity index is 2.37. The van der Waals surface area contributed by atoms with Crippen LogP contribution in [0.5, 0.6) is 5.75 Å². The maximum atomic E-state index is 12.0. The molecule has 20 heavy (non-hydrogen) atoms. The third kappa shape index (κ3) is 2.15. The van der Waals surface area contributed by atoms with E-state index in [1.165, 1.54) is 19.1 Å². The number of anilines is 1. The smallest absolute Gasteiger partial charge is 0.360 e. The summed E-state index contributed by atoms with van der Waals surface area (Å²) in [7, 11) is 0. The Bertz CT molecular complexity index is 600. The Hall–Kier alpha value is -2.64. The van der Waals surface area contributed by atoms with E-state index in [1.54, 1.807) is 6.92 Å². The first kappa shape index (κ1) is 13.8. The van der Waals surface area contributed by atoms with Crippen molar-refractivity contribution in [1.82, 2.24) is 0 Å². The van der Waals surface area contributed by atoms with Crippen LogP contribution in [0, 0.1) is 10.1 Å². The van der Waals surface area contributed by atoms with Crippen LogP contribution < -0.4 is 10.1 Å². The van der Waals surface area contributed by atoms with Crippen molar-refractivity contribution in [3.05, 3.63) is 28.3 Å². The molecule has 0 aliphatic carbocycles. The van der Waals surface area contributed by atoms with E-state index in [0.717, 1.165) is 6.07 Å². The highest BCUT2D eigenvalue weighted by Gasteiger charge is 2.48. The van der Waals surface area contributed by atoms with Gasteiger partial charge in [-0.15, -0.1) is 0 Å². The largest absolute Gasteiger partial charge is 0.464 e. The van der Waals surface area contributed by atoms with E-state index in [2.05, 4.69) is 5.32 Å². The fourth-order valence-corrected chi connectivity index (χ4v) is 1.73. The quantitative estimate of drug-likeness (QED) is 0.386. The lowest BCUT2D eigenvalue weighted by Crippen LogP contribution is -2.55. The zero-order chi connectivity index (χ0) is 14.9. The van der Waals surface area contributed by atoms with Gasteiger partial charge >= 0.3 is 5.97 Å². The first-order valence-corrected chi connectivity index (χ1v) is 5.84. The van der Waals surface area contributed by atoms with Crippen molar-refractivity contribution in [3.63, 3.8) is 0 Å². The standard InChI is InChI=1S/C12H12N2O6/c1-3-19-11(16)12(2)10(15)13-8-6-7(14(17)18)4-5-9(8)20-12/h4-6H,3H2,1-2H3,(H,13,15). The molecule has 1 N–H and O–H groups in total. The van der Waals surface area contributed by atoms with Gasteiger partial charge in [-0.1, -0.05) is 0 Å². The highest BCUT2D eigenvalue weighted by Crippen LogP contribution is 2.36. The molecule has 1 aromatic rings. The zero-order valence-corrected chi connectivity index (χ0v) is 10.8. The molecule has 0 saturated heterocycles. The highest BCUT2D eigenvalue weighted by atomic mass is 16.6. The lowest BCUT2D eigenvalue weighted by molar-refractivity contribution is -0.384. The number of nitro groups is 1. The molecule has 0 radical (unpaired) electrons. The van der Waals surface area contributed by atoms with Gasteiger partial charge in [0.15, 0.2) is 0 Å². The molecule has 1 aliphatic heterocycles. The predicted octanol–water partition coefficient (Wildman–Crippen LogP) is 1.25. The molecule has 0 bridgehead atoms. The number of carbonyl (C=O) groups excluding carboxylic acids is 2. The van der Waals surface area contributed by atoms with Crippen molar-refractivity contribution < 1.29 is 24.0 Å². The van der Waals surface area contributed by atoms with Crippen molar-refractivity contribution >= 4 is 23.3 Å². The molecular formula is C12H12N2O6. The summed E-state index contributed by atoms with van der Waals surface area (Å²) in [5.74, 6) is -1.38. The number of nitrogens with zero attached hydrogens (tertiary/aromatic N) is 1. The molecule has 106 valence electrons. The van der Waals surface area contributed by atoms with E-state index in [-0.39, 0.29) is 23.7 Å². The van der Waals surface area contributed by atoms with Gasteiger partial charge < -0.3 is 14.8 Å². The molecule has 0 saturated carbocycles. The summed E-state index contributed by atoms with van der Waals surface area (Å²) in [6.45, 7) is 3.00. The van der Waals surface area contributed by atoms with E-state index < -0.39 is 22.4 Å². The first-order valence-electron chi connectivity index (χ1n) is 5.84. The molecule has 0 fully saturated rings. The van der Waals surface area contributed by atoms with Gasteiger partial charge in [-0.3, -0.25) is 14.9 Å². The van der Waals surface area contributed by atoms with Crippen LogP contribution in [0.2, 0.25) is 0 Å². The van der Waals surface area contributed by atoms with Crippen LogP contribution >= 0.6 is 0 Å². The number of fused-ring (bicyclic) bond motifs is 1. The molecule has 0 spiro atoms. The van der Waals surface area contributed by atoms with Gasteiger partial charge in [0.1, 0.15) is 5.75 Å². The summed E-state index contributed by atoms with van der Waals surface area (Å²) in [6, 6.07) is 3.71. The Kier molecular flexibility index (Phi) is 3.31. The second kappa shape index (κ2) is 4.80. The molecule has 1 aromatic carbocycles. The van der Waals surface area contributed by atoms with Crippen LogP contribution in [-0.4, -0.2) is 29.0 Å².